The van der Waals surface area contributed by atoms with Crippen LogP contribution in [0.25, 0.3) is 11.3 Å². The van der Waals surface area contributed by atoms with Gasteiger partial charge in [0, 0.05) is 10.5 Å². The summed E-state index contributed by atoms with van der Waals surface area (Å²) in [5.41, 5.74) is 0.856. The maximum atomic E-state index is 10.7. The lowest BCUT2D eigenvalue weighted by molar-refractivity contribution is 0.0686. The number of aromatic hydroxyl groups is 1. The van der Waals surface area contributed by atoms with Crippen LogP contribution in [-0.2, 0) is 0 Å². The summed E-state index contributed by atoms with van der Waals surface area (Å²) in [5.74, 6) is -0.939. The first-order valence-corrected chi connectivity index (χ1v) is 5.48. The molecule has 0 radical (unpaired) electrons. The van der Waals surface area contributed by atoms with Gasteiger partial charge in [0.1, 0.15) is 5.75 Å². The Morgan fingerprint density at radius 2 is 2.18 bits per heavy atom. The Balaban J connectivity index is 2.60. The van der Waals surface area contributed by atoms with Crippen LogP contribution in [0.1, 0.15) is 16.1 Å². The molecular formula is C11H8BrNO4. The Morgan fingerprint density at radius 1 is 1.47 bits per heavy atom. The minimum absolute atomic E-state index is 0.0347. The quantitative estimate of drug-likeness (QED) is 0.890. The van der Waals surface area contributed by atoms with Crippen LogP contribution < -0.4 is 0 Å². The Kier molecular flexibility index (Phi) is 2.89. The van der Waals surface area contributed by atoms with Gasteiger partial charge in [0.15, 0.2) is 11.5 Å². The van der Waals surface area contributed by atoms with E-state index in [4.69, 9.17) is 9.63 Å². The molecule has 0 aliphatic carbocycles. The number of aryl methyl sites for hydroxylation is 1. The highest BCUT2D eigenvalue weighted by molar-refractivity contribution is 9.10. The van der Waals surface area contributed by atoms with Crippen molar-refractivity contribution in [3.63, 3.8) is 0 Å². The number of aromatic carboxylic acids is 1. The molecule has 88 valence electrons. The van der Waals surface area contributed by atoms with Gasteiger partial charge in [-0.3, -0.25) is 0 Å². The molecule has 0 saturated heterocycles. The fourth-order valence-corrected chi connectivity index (χ4v) is 1.91. The Bertz CT molecular complexity index is 591. The number of carboxylic acids is 1. The molecule has 5 nitrogen and oxygen atoms in total. The molecular weight excluding hydrogens is 290 g/mol. The number of carboxylic acid groups (broad SMARTS) is 1. The number of benzene rings is 1. The van der Waals surface area contributed by atoms with E-state index in [0.29, 0.717) is 15.6 Å². The second-order valence-electron chi connectivity index (χ2n) is 3.47. The fraction of sp³-hybridized carbons (Fsp3) is 0.0909. The third-order valence-electron chi connectivity index (χ3n) is 2.30. The lowest BCUT2D eigenvalue weighted by Gasteiger charge is -2.05. The molecule has 0 bridgehead atoms. The summed E-state index contributed by atoms with van der Waals surface area (Å²) < 4.78 is 5.51. The number of hydrogen-bond acceptors (Lipinski definition) is 4. The Labute approximate surface area is 105 Å². The summed E-state index contributed by atoms with van der Waals surface area (Å²) in [5, 5.41) is 22.1. The molecule has 0 fully saturated rings. The second-order valence-corrected chi connectivity index (χ2v) is 4.32. The van der Waals surface area contributed by atoms with Crippen molar-refractivity contribution in [2.24, 2.45) is 0 Å². The van der Waals surface area contributed by atoms with Crippen molar-refractivity contribution in [1.29, 1.82) is 0 Å². The summed E-state index contributed by atoms with van der Waals surface area (Å²) in [6.07, 6.45) is 0. The SMILES string of the molecule is Cc1ccc(Br)c(-c2cc(C(=O)O)no2)c1O. The maximum Gasteiger partial charge on any atom is 0.358 e. The first-order chi connectivity index (χ1) is 8.00. The zero-order valence-corrected chi connectivity index (χ0v) is 10.4. The van der Waals surface area contributed by atoms with Gasteiger partial charge < -0.3 is 14.7 Å². The van der Waals surface area contributed by atoms with Crippen molar-refractivity contribution >= 4 is 21.9 Å². The minimum atomic E-state index is -1.18. The molecule has 2 rings (SSSR count). The predicted octanol–water partition coefficient (Wildman–Crippen LogP) is 2.82. The van der Waals surface area contributed by atoms with Crippen LogP contribution in [0, 0.1) is 6.92 Å². The van der Waals surface area contributed by atoms with Crippen LogP contribution >= 0.6 is 15.9 Å². The molecule has 0 saturated carbocycles. The third-order valence-corrected chi connectivity index (χ3v) is 2.97. The summed E-state index contributed by atoms with van der Waals surface area (Å²) in [6, 6.07) is 4.74. The molecule has 2 aromatic rings. The molecule has 0 aliphatic rings. The summed E-state index contributed by atoms with van der Waals surface area (Å²) in [7, 11) is 0. The van der Waals surface area contributed by atoms with Crippen LogP contribution in [0.2, 0.25) is 0 Å². The van der Waals surface area contributed by atoms with Gasteiger partial charge in [0.05, 0.1) is 5.56 Å². The van der Waals surface area contributed by atoms with Gasteiger partial charge in [-0.05, 0) is 34.5 Å². The molecule has 0 atom stereocenters. The van der Waals surface area contributed by atoms with Gasteiger partial charge in [-0.25, -0.2) is 4.79 Å². The van der Waals surface area contributed by atoms with Gasteiger partial charge in [-0.1, -0.05) is 11.2 Å². The molecule has 1 aromatic carbocycles. The molecule has 0 aliphatic heterocycles. The van der Waals surface area contributed by atoms with Crippen molar-refractivity contribution in [2.75, 3.05) is 0 Å². The Hall–Kier alpha value is -1.82. The van der Waals surface area contributed by atoms with Gasteiger partial charge in [0.2, 0.25) is 0 Å². The van der Waals surface area contributed by atoms with Gasteiger partial charge in [0.25, 0.3) is 0 Å². The number of phenolic OH excluding ortho intramolecular Hbond substituents is 1. The lowest BCUT2D eigenvalue weighted by atomic mass is 10.1. The molecule has 1 heterocycles. The number of aromatic nitrogens is 1. The molecule has 0 spiro atoms. The smallest absolute Gasteiger partial charge is 0.358 e. The van der Waals surface area contributed by atoms with E-state index < -0.39 is 5.97 Å². The Morgan fingerprint density at radius 3 is 2.76 bits per heavy atom. The van der Waals surface area contributed by atoms with Crippen LogP contribution in [0.3, 0.4) is 0 Å². The number of hydrogen-bond donors (Lipinski definition) is 2. The normalized spacial score (nSPS) is 10.5. The molecule has 0 unspecified atom stereocenters. The van der Waals surface area contributed by atoms with Crippen molar-refractivity contribution < 1.29 is 19.5 Å². The van der Waals surface area contributed by atoms with Crippen LogP contribution in [-0.4, -0.2) is 21.3 Å². The zero-order chi connectivity index (χ0) is 12.6. The molecule has 1 aromatic heterocycles. The number of nitrogens with zero attached hydrogens (tertiary/aromatic N) is 1. The first kappa shape index (κ1) is 11.7. The highest BCUT2D eigenvalue weighted by Gasteiger charge is 2.18. The van der Waals surface area contributed by atoms with Gasteiger partial charge in [-0.2, -0.15) is 0 Å². The standard InChI is InChI=1S/C11H8BrNO4/c1-5-2-3-6(12)9(10(5)14)8-4-7(11(15)16)13-17-8/h2-4,14H,1H3,(H,15,16). The monoisotopic (exact) mass is 297 g/mol. The molecule has 17 heavy (non-hydrogen) atoms. The number of rotatable bonds is 2. The number of carbonyl (C=O) groups is 1. The van der Waals surface area contributed by atoms with Crippen LogP contribution in [0.15, 0.2) is 27.2 Å². The van der Waals surface area contributed by atoms with Crippen molar-refractivity contribution in [3.05, 3.63) is 33.9 Å². The third kappa shape index (κ3) is 2.03. The van der Waals surface area contributed by atoms with E-state index in [1.807, 2.05) is 0 Å². The van der Waals surface area contributed by atoms with E-state index in [2.05, 4.69) is 21.1 Å². The predicted molar refractivity (Wildman–Crippen MR) is 63.0 cm³/mol. The highest BCUT2D eigenvalue weighted by atomic mass is 79.9. The largest absolute Gasteiger partial charge is 0.507 e. The average Bonchev–Trinajstić information content (AvgIpc) is 2.73. The van der Waals surface area contributed by atoms with E-state index in [0.717, 1.165) is 0 Å². The maximum absolute atomic E-state index is 10.7. The van der Waals surface area contributed by atoms with Crippen molar-refractivity contribution in [2.45, 2.75) is 6.92 Å². The van der Waals surface area contributed by atoms with E-state index in [9.17, 15) is 9.90 Å². The van der Waals surface area contributed by atoms with Crippen molar-refractivity contribution in [1.82, 2.24) is 5.16 Å². The average molecular weight is 298 g/mol. The number of phenols is 1. The summed E-state index contributed by atoms with van der Waals surface area (Å²) in [6.45, 7) is 1.74. The molecule has 2 N–H and O–H groups in total. The summed E-state index contributed by atoms with van der Waals surface area (Å²) in [4.78, 5) is 10.7. The zero-order valence-electron chi connectivity index (χ0n) is 8.77. The topological polar surface area (TPSA) is 83.6 Å². The van der Waals surface area contributed by atoms with E-state index in [1.165, 1.54) is 6.07 Å². The lowest BCUT2D eigenvalue weighted by Crippen LogP contribution is -1.94. The van der Waals surface area contributed by atoms with E-state index in [1.54, 1.807) is 19.1 Å². The van der Waals surface area contributed by atoms with Crippen molar-refractivity contribution in [3.8, 4) is 17.1 Å². The van der Waals surface area contributed by atoms with Gasteiger partial charge >= 0.3 is 5.97 Å². The highest BCUT2D eigenvalue weighted by Crippen LogP contribution is 2.38. The van der Waals surface area contributed by atoms with Crippen LogP contribution in [0.5, 0.6) is 5.75 Å². The fourth-order valence-electron chi connectivity index (χ4n) is 1.40. The summed E-state index contributed by atoms with van der Waals surface area (Å²) >= 11 is 3.27. The van der Waals surface area contributed by atoms with E-state index in [-0.39, 0.29) is 17.2 Å². The number of halogens is 1. The van der Waals surface area contributed by atoms with E-state index >= 15 is 0 Å². The van der Waals surface area contributed by atoms with Gasteiger partial charge in [-0.15, -0.1) is 0 Å². The first-order valence-electron chi connectivity index (χ1n) is 4.69. The second kappa shape index (κ2) is 4.21. The molecule has 6 heteroatoms. The van der Waals surface area contributed by atoms with Crippen LogP contribution in [0.4, 0.5) is 0 Å². The molecule has 0 amide bonds. The minimum Gasteiger partial charge on any atom is -0.507 e.